The van der Waals surface area contributed by atoms with Gasteiger partial charge in [-0.1, -0.05) is 30.3 Å². The summed E-state index contributed by atoms with van der Waals surface area (Å²) in [6.07, 6.45) is 0.606. The Hall–Kier alpha value is -0.960. The highest BCUT2D eigenvalue weighted by Crippen LogP contribution is 2.32. The van der Waals surface area contributed by atoms with Crippen LogP contribution in [-0.4, -0.2) is 18.2 Å². The van der Waals surface area contributed by atoms with Crippen molar-refractivity contribution in [2.75, 3.05) is 12.3 Å². The summed E-state index contributed by atoms with van der Waals surface area (Å²) < 4.78 is 0. The number of thioether (sulfide) groups is 1. The first kappa shape index (κ1) is 9.59. The van der Waals surface area contributed by atoms with Gasteiger partial charge in [-0.25, -0.2) is 0 Å². The summed E-state index contributed by atoms with van der Waals surface area (Å²) in [6.45, 7) is 0.798. The standard InChI is InChI=1S/C11H13NOS/c13-11-8-10(14-7-6-12-11)9-4-2-1-3-5-9/h1-5,10H,6-8H2,(H,12,13)/t10-/m1/s1. The third kappa shape index (κ3) is 2.29. The van der Waals surface area contributed by atoms with Crippen LogP contribution in [0.4, 0.5) is 0 Å². The molecule has 1 aromatic carbocycles. The van der Waals surface area contributed by atoms with Crippen molar-refractivity contribution < 1.29 is 4.79 Å². The fourth-order valence-corrected chi connectivity index (χ4v) is 2.70. The second-order valence-electron chi connectivity index (χ2n) is 3.32. The molecule has 1 heterocycles. The van der Waals surface area contributed by atoms with Crippen LogP contribution in [0.15, 0.2) is 30.3 Å². The summed E-state index contributed by atoms with van der Waals surface area (Å²) in [5.74, 6) is 1.18. The van der Waals surface area contributed by atoms with E-state index >= 15 is 0 Å². The molecule has 3 heteroatoms. The van der Waals surface area contributed by atoms with Crippen LogP contribution < -0.4 is 5.32 Å². The van der Waals surface area contributed by atoms with Crippen LogP contribution in [0.3, 0.4) is 0 Å². The molecule has 1 saturated heterocycles. The molecular formula is C11H13NOS. The molecule has 0 aromatic heterocycles. The van der Waals surface area contributed by atoms with Crippen LogP contribution in [-0.2, 0) is 4.79 Å². The minimum absolute atomic E-state index is 0.170. The first-order valence-corrected chi connectivity index (χ1v) is 5.84. The average Bonchev–Trinajstić information content (AvgIpc) is 2.44. The molecule has 0 radical (unpaired) electrons. The molecule has 74 valence electrons. The van der Waals surface area contributed by atoms with Gasteiger partial charge in [-0.05, 0) is 5.56 Å². The largest absolute Gasteiger partial charge is 0.355 e. The number of benzene rings is 1. The number of rotatable bonds is 1. The van der Waals surface area contributed by atoms with E-state index in [9.17, 15) is 4.79 Å². The SMILES string of the molecule is O=C1C[C@H](c2ccccc2)SCCN1. The molecule has 1 aliphatic heterocycles. The second-order valence-corrected chi connectivity index (χ2v) is 4.63. The lowest BCUT2D eigenvalue weighted by molar-refractivity contribution is -0.120. The molecule has 1 amide bonds. The van der Waals surface area contributed by atoms with Gasteiger partial charge in [0.05, 0.1) is 0 Å². The Morgan fingerprint density at radius 2 is 2.07 bits per heavy atom. The number of amides is 1. The molecule has 2 rings (SSSR count). The van der Waals surface area contributed by atoms with Gasteiger partial charge < -0.3 is 5.32 Å². The molecular weight excluding hydrogens is 194 g/mol. The highest BCUT2D eigenvalue weighted by atomic mass is 32.2. The van der Waals surface area contributed by atoms with Crippen molar-refractivity contribution in [3.05, 3.63) is 35.9 Å². The molecule has 0 saturated carbocycles. The maximum Gasteiger partial charge on any atom is 0.221 e. The van der Waals surface area contributed by atoms with Crippen LogP contribution in [0.1, 0.15) is 17.2 Å². The van der Waals surface area contributed by atoms with Gasteiger partial charge >= 0.3 is 0 Å². The number of carbonyl (C=O) groups excluding carboxylic acids is 1. The van der Waals surface area contributed by atoms with E-state index in [1.54, 1.807) is 0 Å². The van der Waals surface area contributed by atoms with Crippen molar-refractivity contribution in [2.45, 2.75) is 11.7 Å². The zero-order valence-electron chi connectivity index (χ0n) is 7.90. The van der Waals surface area contributed by atoms with E-state index in [0.29, 0.717) is 11.7 Å². The van der Waals surface area contributed by atoms with E-state index in [0.717, 1.165) is 12.3 Å². The number of hydrogen-bond donors (Lipinski definition) is 1. The summed E-state index contributed by atoms with van der Waals surface area (Å²) in [5.41, 5.74) is 1.26. The molecule has 0 unspecified atom stereocenters. The Morgan fingerprint density at radius 3 is 2.86 bits per heavy atom. The molecule has 0 spiro atoms. The smallest absolute Gasteiger partial charge is 0.221 e. The molecule has 1 aromatic rings. The maximum atomic E-state index is 11.3. The summed E-state index contributed by atoms with van der Waals surface area (Å²) in [5, 5.41) is 3.22. The summed E-state index contributed by atoms with van der Waals surface area (Å²) in [6, 6.07) is 10.2. The average molecular weight is 207 g/mol. The number of hydrogen-bond acceptors (Lipinski definition) is 2. The predicted molar refractivity (Wildman–Crippen MR) is 59.3 cm³/mol. The summed E-state index contributed by atoms with van der Waals surface area (Å²) in [4.78, 5) is 11.3. The molecule has 2 nitrogen and oxygen atoms in total. The van der Waals surface area contributed by atoms with E-state index in [1.807, 2.05) is 30.0 Å². The maximum absolute atomic E-state index is 11.3. The van der Waals surface area contributed by atoms with Gasteiger partial charge in [0, 0.05) is 24.0 Å². The van der Waals surface area contributed by atoms with Crippen molar-refractivity contribution in [1.82, 2.24) is 5.32 Å². The number of carbonyl (C=O) groups is 1. The van der Waals surface area contributed by atoms with E-state index in [1.165, 1.54) is 5.56 Å². The molecule has 0 bridgehead atoms. The van der Waals surface area contributed by atoms with E-state index in [-0.39, 0.29) is 5.91 Å². The summed E-state index contributed by atoms with van der Waals surface area (Å²) >= 11 is 1.86. The zero-order valence-corrected chi connectivity index (χ0v) is 8.72. The lowest BCUT2D eigenvalue weighted by atomic mass is 10.1. The molecule has 1 N–H and O–H groups in total. The predicted octanol–water partition coefficient (Wildman–Crippen LogP) is 1.98. The van der Waals surface area contributed by atoms with E-state index in [4.69, 9.17) is 0 Å². The van der Waals surface area contributed by atoms with E-state index in [2.05, 4.69) is 17.4 Å². The molecule has 0 aliphatic carbocycles. The van der Waals surface area contributed by atoms with Crippen molar-refractivity contribution in [2.24, 2.45) is 0 Å². The van der Waals surface area contributed by atoms with Crippen LogP contribution in [0.25, 0.3) is 0 Å². The lowest BCUT2D eigenvalue weighted by Crippen LogP contribution is -2.23. The van der Waals surface area contributed by atoms with Crippen LogP contribution in [0.2, 0.25) is 0 Å². The van der Waals surface area contributed by atoms with Crippen molar-refractivity contribution in [3.63, 3.8) is 0 Å². The first-order valence-electron chi connectivity index (χ1n) is 4.79. The minimum Gasteiger partial charge on any atom is -0.355 e. The van der Waals surface area contributed by atoms with Crippen molar-refractivity contribution >= 4 is 17.7 Å². The quantitative estimate of drug-likeness (QED) is 0.763. The van der Waals surface area contributed by atoms with Gasteiger partial charge in [-0.3, -0.25) is 4.79 Å². The lowest BCUT2D eigenvalue weighted by Gasteiger charge is -2.11. The second kappa shape index (κ2) is 4.51. The Bertz CT molecular complexity index is 312. The van der Waals surface area contributed by atoms with Gasteiger partial charge in [0.25, 0.3) is 0 Å². The third-order valence-corrected chi connectivity index (χ3v) is 3.57. The Balaban J connectivity index is 2.13. The van der Waals surface area contributed by atoms with Crippen LogP contribution >= 0.6 is 11.8 Å². The highest BCUT2D eigenvalue weighted by Gasteiger charge is 2.18. The number of nitrogens with one attached hydrogen (secondary N) is 1. The van der Waals surface area contributed by atoms with Crippen molar-refractivity contribution in [3.8, 4) is 0 Å². The van der Waals surface area contributed by atoms with Gasteiger partial charge in [0.2, 0.25) is 5.91 Å². The minimum atomic E-state index is 0.170. The fourth-order valence-electron chi connectivity index (χ4n) is 1.57. The van der Waals surface area contributed by atoms with Crippen molar-refractivity contribution in [1.29, 1.82) is 0 Å². The molecule has 14 heavy (non-hydrogen) atoms. The fraction of sp³-hybridized carbons (Fsp3) is 0.364. The zero-order chi connectivity index (χ0) is 9.80. The van der Waals surface area contributed by atoms with Crippen LogP contribution in [0, 0.1) is 0 Å². The molecule has 1 atom stereocenters. The van der Waals surface area contributed by atoms with E-state index < -0.39 is 0 Å². The van der Waals surface area contributed by atoms with Gasteiger partial charge in [0.15, 0.2) is 0 Å². The Kier molecular flexibility index (Phi) is 3.09. The topological polar surface area (TPSA) is 29.1 Å². The Labute approximate surface area is 88.1 Å². The van der Waals surface area contributed by atoms with Gasteiger partial charge in [-0.15, -0.1) is 0 Å². The highest BCUT2D eigenvalue weighted by molar-refractivity contribution is 7.99. The monoisotopic (exact) mass is 207 g/mol. The first-order chi connectivity index (χ1) is 6.86. The normalized spacial score (nSPS) is 22.6. The van der Waals surface area contributed by atoms with Gasteiger partial charge in [-0.2, -0.15) is 11.8 Å². The van der Waals surface area contributed by atoms with Gasteiger partial charge in [0.1, 0.15) is 0 Å². The molecule has 1 fully saturated rings. The third-order valence-electron chi connectivity index (χ3n) is 2.29. The van der Waals surface area contributed by atoms with Crippen LogP contribution in [0.5, 0.6) is 0 Å². The Morgan fingerprint density at radius 1 is 1.29 bits per heavy atom. The molecule has 1 aliphatic rings. The summed E-state index contributed by atoms with van der Waals surface area (Å²) in [7, 11) is 0.